The number of hydrogen-bond donors (Lipinski definition) is 2. The highest BCUT2D eigenvalue weighted by Crippen LogP contribution is 2.32. The number of hydrogen-bond acceptors (Lipinski definition) is 3. The van der Waals surface area contributed by atoms with E-state index in [2.05, 4.69) is 5.32 Å². The van der Waals surface area contributed by atoms with Gasteiger partial charge >= 0.3 is 0 Å². The highest BCUT2D eigenvalue weighted by molar-refractivity contribution is 5.88. The van der Waals surface area contributed by atoms with Gasteiger partial charge in [0.2, 0.25) is 5.91 Å². The SMILES string of the molecule is COC(C)(C)CNC(=O)C1(N)CC1. The van der Waals surface area contributed by atoms with Crippen LogP contribution in [0.3, 0.4) is 0 Å². The van der Waals surface area contributed by atoms with Gasteiger partial charge in [-0.15, -0.1) is 0 Å². The third-order valence-corrected chi connectivity index (χ3v) is 2.47. The van der Waals surface area contributed by atoms with Gasteiger partial charge in [0.05, 0.1) is 11.1 Å². The van der Waals surface area contributed by atoms with Crippen molar-refractivity contribution in [3.63, 3.8) is 0 Å². The molecule has 0 aromatic heterocycles. The zero-order chi connectivity index (χ0) is 10.1. The number of ether oxygens (including phenoxy) is 1. The standard InChI is InChI=1S/C9H18N2O2/c1-8(2,13-3)6-11-7(12)9(10)4-5-9/h4-6,10H2,1-3H3,(H,11,12). The number of methoxy groups -OCH3 is 1. The van der Waals surface area contributed by atoms with Crippen LogP contribution in [0.4, 0.5) is 0 Å². The predicted molar refractivity (Wildman–Crippen MR) is 50.3 cm³/mol. The van der Waals surface area contributed by atoms with Crippen molar-refractivity contribution >= 4 is 5.91 Å². The Balaban J connectivity index is 2.30. The molecule has 3 N–H and O–H groups in total. The summed E-state index contributed by atoms with van der Waals surface area (Å²) in [4.78, 5) is 11.4. The topological polar surface area (TPSA) is 64.3 Å². The van der Waals surface area contributed by atoms with Gasteiger partial charge in [0, 0.05) is 13.7 Å². The van der Waals surface area contributed by atoms with E-state index in [1.165, 1.54) is 0 Å². The molecule has 0 unspecified atom stereocenters. The number of nitrogens with two attached hydrogens (primary N) is 1. The Morgan fingerprint density at radius 3 is 2.54 bits per heavy atom. The van der Waals surface area contributed by atoms with Gasteiger partial charge in [-0.25, -0.2) is 0 Å². The number of amides is 1. The largest absolute Gasteiger partial charge is 0.377 e. The summed E-state index contributed by atoms with van der Waals surface area (Å²) in [6, 6.07) is 0. The summed E-state index contributed by atoms with van der Waals surface area (Å²) in [5.74, 6) is -0.0578. The summed E-state index contributed by atoms with van der Waals surface area (Å²) in [6.07, 6.45) is 1.60. The molecule has 0 saturated heterocycles. The van der Waals surface area contributed by atoms with Crippen LogP contribution < -0.4 is 11.1 Å². The lowest BCUT2D eigenvalue weighted by Gasteiger charge is -2.24. The second kappa shape index (κ2) is 3.27. The van der Waals surface area contributed by atoms with Gasteiger partial charge in [-0.1, -0.05) is 0 Å². The van der Waals surface area contributed by atoms with Crippen molar-refractivity contribution in [3.05, 3.63) is 0 Å². The van der Waals surface area contributed by atoms with Crippen LogP contribution in [0.25, 0.3) is 0 Å². The van der Waals surface area contributed by atoms with E-state index in [-0.39, 0.29) is 11.5 Å². The molecule has 1 amide bonds. The van der Waals surface area contributed by atoms with Crippen LogP contribution in [-0.4, -0.2) is 30.7 Å². The molecule has 13 heavy (non-hydrogen) atoms. The molecule has 1 fully saturated rings. The van der Waals surface area contributed by atoms with Gasteiger partial charge in [-0.3, -0.25) is 4.79 Å². The molecule has 0 aromatic rings. The molecule has 1 aliphatic rings. The van der Waals surface area contributed by atoms with Crippen LogP contribution in [0.5, 0.6) is 0 Å². The van der Waals surface area contributed by atoms with Gasteiger partial charge in [0.15, 0.2) is 0 Å². The Bertz CT molecular complexity index is 210. The van der Waals surface area contributed by atoms with Crippen molar-refractivity contribution in [2.24, 2.45) is 5.73 Å². The second-order valence-electron chi connectivity index (χ2n) is 4.30. The molecule has 0 aliphatic heterocycles. The third kappa shape index (κ3) is 2.67. The van der Waals surface area contributed by atoms with Crippen molar-refractivity contribution in [3.8, 4) is 0 Å². The van der Waals surface area contributed by atoms with Crippen LogP contribution >= 0.6 is 0 Å². The summed E-state index contributed by atoms with van der Waals surface area (Å²) in [5.41, 5.74) is 4.81. The summed E-state index contributed by atoms with van der Waals surface area (Å²) >= 11 is 0. The lowest BCUT2D eigenvalue weighted by atomic mass is 10.1. The number of carbonyl (C=O) groups is 1. The van der Waals surface area contributed by atoms with Gasteiger partial charge < -0.3 is 15.8 Å². The maximum atomic E-state index is 11.4. The Hall–Kier alpha value is -0.610. The van der Waals surface area contributed by atoms with Gasteiger partial charge in [0.1, 0.15) is 0 Å². The van der Waals surface area contributed by atoms with E-state index in [9.17, 15) is 4.79 Å². The van der Waals surface area contributed by atoms with E-state index in [4.69, 9.17) is 10.5 Å². The molecule has 1 rings (SSSR count). The fourth-order valence-corrected chi connectivity index (χ4v) is 0.903. The zero-order valence-corrected chi connectivity index (χ0v) is 8.52. The number of rotatable bonds is 4. The van der Waals surface area contributed by atoms with Crippen molar-refractivity contribution in [1.29, 1.82) is 0 Å². The average molecular weight is 186 g/mol. The van der Waals surface area contributed by atoms with Crippen LogP contribution in [0.15, 0.2) is 0 Å². The molecule has 0 radical (unpaired) electrons. The molecule has 1 saturated carbocycles. The molecule has 0 spiro atoms. The smallest absolute Gasteiger partial charge is 0.240 e. The zero-order valence-electron chi connectivity index (χ0n) is 8.52. The number of carbonyl (C=O) groups excluding carboxylic acids is 1. The van der Waals surface area contributed by atoms with E-state index in [1.54, 1.807) is 7.11 Å². The summed E-state index contributed by atoms with van der Waals surface area (Å²) in [6.45, 7) is 4.34. The summed E-state index contributed by atoms with van der Waals surface area (Å²) in [5, 5.41) is 2.79. The Labute approximate surface area is 78.8 Å². The Morgan fingerprint density at radius 2 is 2.15 bits per heavy atom. The van der Waals surface area contributed by atoms with Gasteiger partial charge in [-0.05, 0) is 26.7 Å². The maximum absolute atomic E-state index is 11.4. The lowest BCUT2D eigenvalue weighted by molar-refractivity contribution is -0.124. The van der Waals surface area contributed by atoms with Crippen molar-refractivity contribution < 1.29 is 9.53 Å². The van der Waals surface area contributed by atoms with E-state index in [0.29, 0.717) is 6.54 Å². The highest BCUT2D eigenvalue weighted by Gasteiger charge is 2.46. The van der Waals surface area contributed by atoms with Crippen LogP contribution in [0.1, 0.15) is 26.7 Å². The Morgan fingerprint density at radius 1 is 1.62 bits per heavy atom. The highest BCUT2D eigenvalue weighted by atomic mass is 16.5. The number of nitrogens with one attached hydrogen (secondary N) is 1. The minimum Gasteiger partial charge on any atom is -0.377 e. The first kappa shape index (κ1) is 10.5. The molecule has 0 bridgehead atoms. The molecule has 4 heteroatoms. The summed E-state index contributed by atoms with van der Waals surface area (Å²) < 4.78 is 5.17. The van der Waals surface area contributed by atoms with E-state index in [1.807, 2.05) is 13.8 Å². The molecule has 0 aromatic carbocycles. The fourth-order valence-electron chi connectivity index (χ4n) is 0.903. The quantitative estimate of drug-likeness (QED) is 0.650. The van der Waals surface area contributed by atoms with Crippen molar-refractivity contribution in [2.75, 3.05) is 13.7 Å². The van der Waals surface area contributed by atoms with E-state index < -0.39 is 5.54 Å². The van der Waals surface area contributed by atoms with Crippen LogP contribution in [-0.2, 0) is 9.53 Å². The predicted octanol–water partition coefficient (Wildman–Crippen LogP) is 0.0189. The average Bonchev–Trinajstić information content (AvgIpc) is 2.81. The first-order valence-electron chi connectivity index (χ1n) is 4.52. The molecule has 76 valence electrons. The van der Waals surface area contributed by atoms with Crippen molar-refractivity contribution in [2.45, 2.75) is 37.8 Å². The summed E-state index contributed by atoms with van der Waals surface area (Å²) in [7, 11) is 1.63. The third-order valence-electron chi connectivity index (χ3n) is 2.47. The molecule has 1 aliphatic carbocycles. The van der Waals surface area contributed by atoms with Gasteiger partial charge in [0.25, 0.3) is 0 Å². The molecule has 0 atom stereocenters. The molecular formula is C9H18N2O2. The second-order valence-corrected chi connectivity index (χ2v) is 4.30. The van der Waals surface area contributed by atoms with E-state index in [0.717, 1.165) is 12.8 Å². The molecular weight excluding hydrogens is 168 g/mol. The normalized spacial score (nSPS) is 19.7. The minimum absolute atomic E-state index is 0.0578. The first-order chi connectivity index (χ1) is 5.90. The Kier molecular flexibility index (Phi) is 2.63. The minimum atomic E-state index is -0.580. The molecule has 0 heterocycles. The van der Waals surface area contributed by atoms with E-state index >= 15 is 0 Å². The molecule has 4 nitrogen and oxygen atoms in total. The first-order valence-corrected chi connectivity index (χ1v) is 4.52. The van der Waals surface area contributed by atoms with Gasteiger partial charge in [-0.2, -0.15) is 0 Å². The monoisotopic (exact) mass is 186 g/mol. The van der Waals surface area contributed by atoms with Crippen molar-refractivity contribution in [1.82, 2.24) is 5.32 Å². The lowest BCUT2D eigenvalue weighted by Crippen LogP contribution is -2.48. The fraction of sp³-hybridized carbons (Fsp3) is 0.889. The van der Waals surface area contributed by atoms with Crippen LogP contribution in [0.2, 0.25) is 0 Å². The van der Waals surface area contributed by atoms with Crippen LogP contribution in [0, 0.1) is 0 Å². The maximum Gasteiger partial charge on any atom is 0.240 e.